The van der Waals surface area contributed by atoms with Crippen LogP contribution in [0.1, 0.15) is 22.3 Å². The van der Waals surface area contributed by atoms with Crippen molar-refractivity contribution in [1.82, 2.24) is 0 Å². The zero-order valence-electron chi connectivity index (χ0n) is 46.2. The molecule has 1 aliphatic carbocycles. The molecule has 1 heterocycles. The van der Waals surface area contributed by atoms with Crippen LogP contribution in [0.3, 0.4) is 0 Å². The summed E-state index contributed by atoms with van der Waals surface area (Å²) in [6.45, 7) is 14.5. The molecule has 12 aromatic rings. The molecule has 0 bridgehead atoms. The Morgan fingerprint density at radius 2 is 0.725 bits per heavy atom. The molecule has 0 unspecified atom stereocenters. The fraction of sp³-hybridized carbons (Fsp3) is 0.0933. The fourth-order valence-electron chi connectivity index (χ4n) is 12.9. The van der Waals surface area contributed by atoms with Crippen LogP contribution in [0.2, 0.25) is 39.3 Å². The predicted octanol–water partition coefficient (Wildman–Crippen LogP) is 19.8. The summed E-state index contributed by atoms with van der Waals surface area (Å²) in [5, 5.41) is 7.74. The van der Waals surface area contributed by atoms with Gasteiger partial charge in [-0.1, -0.05) is 232 Å². The van der Waals surface area contributed by atoms with E-state index in [0.717, 1.165) is 56.8 Å². The maximum Gasteiger partial charge on any atom is 0.132 e. The molecule has 3 nitrogen and oxygen atoms in total. The highest BCUT2D eigenvalue weighted by Gasteiger charge is 2.53. The van der Waals surface area contributed by atoms with E-state index >= 15 is 0 Å². The Bertz CT molecular complexity index is 4300. The smallest absolute Gasteiger partial charge is 0.132 e. The molecule has 0 amide bonds. The molecule has 0 N–H and O–H groups in total. The Morgan fingerprint density at radius 3 is 1.25 bits per heavy atom. The van der Waals surface area contributed by atoms with Crippen LogP contribution >= 0.6 is 0 Å². The van der Waals surface area contributed by atoms with Gasteiger partial charge in [0.25, 0.3) is 0 Å². The SMILES string of the molecule is C[Si](C)(C)c1ccc(N(c2cccc(-c3ccccc3)c2)c2ccc3c(c2)C2(c4ccccc4Oc4ccccc42)c2c-3c3ccccc3c3cc(N(c4ccc([Si](C)(C)C)cc4)c4cccc(-c5ccccc5)c4)ccc23)cc1. The van der Waals surface area contributed by atoms with Crippen LogP contribution in [-0.2, 0) is 5.41 Å². The van der Waals surface area contributed by atoms with Gasteiger partial charge >= 0.3 is 0 Å². The van der Waals surface area contributed by atoms with Crippen LogP contribution in [-0.4, -0.2) is 16.1 Å². The van der Waals surface area contributed by atoms with Gasteiger partial charge in [-0.15, -0.1) is 0 Å². The molecule has 2 aliphatic rings. The summed E-state index contributed by atoms with van der Waals surface area (Å²) < 4.78 is 7.01. The van der Waals surface area contributed by atoms with Crippen LogP contribution in [0.15, 0.2) is 267 Å². The third-order valence-electron chi connectivity index (χ3n) is 16.8. The van der Waals surface area contributed by atoms with Gasteiger partial charge in [0.05, 0.1) is 21.6 Å². The largest absolute Gasteiger partial charge is 0.457 e. The molecule has 0 saturated heterocycles. The minimum atomic E-state index is -1.59. The molecule has 1 aliphatic heterocycles. The quantitative estimate of drug-likeness (QED) is 0.100. The Labute approximate surface area is 472 Å². The van der Waals surface area contributed by atoms with E-state index < -0.39 is 21.6 Å². The molecular formula is C75H62N2OSi2. The lowest BCUT2D eigenvalue weighted by Crippen LogP contribution is -2.37. The summed E-state index contributed by atoms with van der Waals surface area (Å²) in [6, 6.07) is 99.5. The van der Waals surface area contributed by atoms with Crippen molar-refractivity contribution in [2.75, 3.05) is 9.80 Å². The van der Waals surface area contributed by atoms with Crippen molar-refractivity contribution in [2.45, 2.75) is 44.7 Å². The maximum atomic E-state index is 7.01. The van der Waals surface area contributed by atoms with E-state index in [4.69, 9.17) is 4.74 Å². The van der Waals surface area contributed by atoms with E-state index in [1.54, 1.807) is 0 Å². The Hall–Kier alpha value is -9.01. The van der Waals surface area contributed by atoms with Crippen LogP contribution in [0.5, 0.6) is 11.5 Å². The zero-order chi connectivity index (χ0) is 54.3. The van der Waals surface area contributed by atoms with E-state index in [9.17, 15) is 0 Å². The van der Waals surface area contributed by atoms with Crippen molar-refractivity contribution >= 4 is 82.2 Å². The Morgan fingerprint density at radius 1 is 0.300 bits per heavy atom. The second-order valence-electron chi connectivity index (χ2n) is 23.7. The molecule has 5 heteroatoms. The summed E-state index contributed by atoms with van der Waals surface area (Å²) in [7, 11) is -3.17. The number of fused-ring (bicyclic) bond motifs is 14. The molecule has 0 fully saturated rings. The first-order chi connectivity index (χ1) is 38.9. The number of anilines is 6. The number of para-hydroxylation sites is 2. The summed E-state index contributed by atoms with van der Waals surface area (Å²) in [5.41, 5.74) is 17.9. The van der Waals surface area contributed by atoms with Crippen molar-refractivity contribution in [3.63, 3.8) is 0 Å². The van der Waals surface area contributed by atoms with E-state index in [0.29, 0.717) is 0 Å². The molecule has 0 saturated carbocycles. The summed E-state index contributed by atoms with van der Waals surface area (Å²) in [5.74, 6) is 1.74. The summed E-state index contributed by atoms with van der Waals surface area (Å²) >= 11 is 0. The molecule has 0 radical (unpaired) electrons. The van der Waals surface area contributed by atoms with Gasteiger partial charge in [0.1, 0.15) is 11.5 Å². The van der Waals surface area contributed by atoms with Crippen molar-refractivity contribution in [3.05, 3.63) is 289 Å². The zero-order valence-corrected chi connectivity index (χ0v) is 48.2. The molecule has 14 rings (SSSR count). The van der Waals surface area contributed by atoms with Gasteiger partial charge in [0.2, 0.25) is 0 Å². The number of ether oxygens (including phenoxy) is 1. The van der Waals surface area contributed by atoms with Crippen molar-refractivity contribution in [3.8, 4) is 44.9 Å². The van der Waals surface area contributed by atoms with Crippen molar-refractivity contribution < 1.29 is 4.74 Å². The fourth-order valence-corrected chi connectivity index (χ4v) is 15.2. The van der Waals surface area contributed by atoms with E-state index in [1.807, 2.05) is 0 Å². The van der Waals surface area contributed by atoms with Gasteiger partial charge in [0.15, 0.2) is 0 Å². The van der Waals surface area contributed by atoms with Gasteiger partial charge in [-0.3, -0.25) is 0 Å². The molecule has 12 aromatic carbocycles. The number of hydrogen-bond donors (Lipinski definition) is 0. The average molecular weight is 1060 g/mol. The predicted molar refractivity (Wildman–Crippen MR) is 345 cm³/mol. The number of rotatable bonds is 10. The first-order valence-electron chi connectivity index (χ1n) is 28.1. The molecule has 386 valence electrons. The van der Waals surface area contributed by atoms with Crippen LogP contribution in [0.4, 0.5) is 34.1 Å². The molecule has 0 atom stereocenters. The standard InChI is InChI=1S/C75H62N2OSi2/c1-79(2,3)61-41-35-55(36-42-61)76(57-27-19-25-53(47-57)51-21-9-7-10-22-51)59-39-45-65-67(49-59)63-29-13-14-30-64(63)73-66-46-40-60(50-70(66)75(74(65)73)68-31-15-17-33-71(68)78-72-34-18-16-32-69(72)75)77(56-37-43-62(44-38-56)80(4,5)6)58-28-20-26-54(48-58)52-23-11-8-12-24-52/h7-50H,1-6H3. The topological polar surface area (TPSA) is 15.7 Å². The maximum absolute atomic E-state index is 7.01. The third kappa shape index (κ3) is 8.14. The second-order valence-corrected chi connectivity index (χ2v) is 33.9. The highest BCUT2D eigenvalue weighted by molar-refractivity contribution is 6.89. The Balaban J connectivity index is 1.04. The van der Waals surface area contributed by atoms with E-state index in [1.165, 1.54) is 76.4 Å². The summed E-state index contributed by atoms with van der Waals surface area (Å²) in [4.78, 5) is 4.92. The third-order valence-corrected chi connectivity index (χ3v) is 20.9. The van der Waals surface area contributed by atoms with Gasteiger partial charge in [0, 0.05) is 45.3 Å². The lowest BCUT2D eigenvalue weighted by atomic mass is 9.65. The van der Waals surface area contributed by atoms with Gasteiger partial charge in [-0.2, -0.15) is 0 Å². The normalized spacial score (nSPS) is 13.1. The monoisotopic (exact) mass is 1060 g/mol. The van der Waals surface area contributed by atoms with E-state index in [-0.39, 0.29) is 0 Å². The second kappa shape index (κ2) is 19.1. The van der Waals surface area contributed by atoms with Gasteiger partial charge in [-0.25, -0.2) is 0 Å². The van der Waals surface area contributed by atoms with Crippen molar-refractivity contribution in [1.29, 1.82) is 0 Å². The van der Waals surface area contributed by atoms with E-state index in [2.05, 4.69) is 316 Å². The van der Waals surface area contributed by atoms with Gasteiger partial charge in [-0.05, 0) is 151 Å². The highest BCUT2D eigenvalue weighted by Crippen LogP contribution is 2.65. The lowest BCUT2D eigenvalue weighted by molar-refractivity contribution is 0.437. The molecule has 1 spiro atoms. The first kappa shape index (κ1) is 49.3. The molecular weight excluding hydrogens is 1000 g/mol. The lowest BCUT2D eigenvalue weighted by Gasteiger charge is -2.40. The minimum Gasteiger partial charge on any atom is -0.457 e. The Kier molecular flexibility index (Phi) is 11.8. The minimum absolute atomic E-state index is 0.772. The molecule has 80 heavy (non-hydrogen) atoms. The number of nitrogens with zero attached hydrogens (tertiary/aromatic N) is 2. The number of benzene rings is 12. The van der Waals surface area contributed by atoms with Gasteiger partial charge < -0.3 is 14.5 Å². The van der Waals surface area contributed by atoms with Crippen LogP contribution in [0, 0.1) is 0 Å². The van der Waals surface area contributed by atoms with Crippen LogP contribution < -0.4 is 24.9 Å². The average Bonchev–Trinajstić information content (AvgIpc) is 4.04. The van der Waals surface area contributed by atoms with Crippen molar-refractivity contribution in [2.24, 2.45) is 0 Å². The first-order valence-corrected chi connectivity index (χ1v) is 35.1. The highest BCUT2D eigenvalue weighted by atomic mass is 28.3. The van der Waals surface area contributed by atoms with Crippen LogP contribution in [0.25, 0.3) is 54.9 Å². The number of hydrogen-bond acceptors (Lipinski definition) is 3. The molecule has 0 aromatic heterocycles. The summed E-state index contributed by atoms with van der Waals surface area (Å²) in [6.07, 6.45) is 0.